The van der Waals surface area contributed by atoms with E-state index in [0.717, 1.165) is 10.6 Å². The lowest BCUT2D eigenvalue weighted by molar-refractivity contribution is -0.384. The molecular formula is C17H18N2O5S. The average Bonchev–Trinajstić information content (AvgIpc) is 2.62. The standard InChI is InChI=1S/C17H18N2O5S/c1-11(25-14-7-5-13(23-2)6-8-14)17(20)18-15-10-12(19(21)22)4-9-16(15)24-3/h4-11H,1-3H3,(H,18,20)/t11-/m1/s1. The zero-order chi connectivity index (χ0) is 18.4. The number of non-ortho nitro benzene ring substituents is 1. The number of anilines is 1. The summed E-state index contributed by atoms with van der Waals surface area (Å²) in [6.07, 6.45) is 0. The topological polar surface area (TPSA) is 90.7 Å². The fourth-order valence-electron chi connectivity index (χ4n) is 2.05. The molecule has 0 bridgehead atoms. The van der Waals surface area contributed by atoms with Crippen molar-refractivity contribution in [1.29, 1.82) is 0 Å². The quantitative estimate of drug-likeness (QED) is 0.458. The Bertz CT molecular complexity index is 764. The first kappa shape index (κ1) is 18.6. The molecule has 0 heterocycles. The number of carbonyl (C=O) groups excluding carboxylic acids is 1. The number of nitro groups is 1. The van der Waals surface area contributed by atoms with Crippen LogP contribution >= 0.6 is 11.8 Å². The van der Waals surface area contributed by atoms with Crippen LogP contribution in [0, 0.1) is 10.1 Å². The summed E-state index contributed by atoms with van der Waals surface area (Å²) in [6, 6.07) is 11.4. The molecule has 7 nitrogen and oxygen atoms in total. The number of nitrogens with zero attached hydrogens (tertiary/aromatic N) is 1. The maximum absolute atomic E-state index is 12.4. The Balaban J connectivity index is 2.09. The van der Waals surface area contributed by atoms with Gasteiger partial charge in [-0.25, -0.2) is 0 Å². The number of carbonyl (C=O) groups is 1. The Labute approximate surface area is 149 Å². The highest BCUT2D eigenvalue weighted by atomic mass is 32.2. The Morgan fingerprint density at radius 3 is 2.40 bits per heavy atom. The minimum absolute atomic E-state index is 0.119. The lowest BCUT2D eigenvalue weighted by Crippen LogP contribution is -2.22. The molecule has 0 saturated carbocycles. The van der Waals surface area contributed by atoms with Crippen molar-refractivity contribution in [2.24, 2.45) is 0 Å². The third kappa shape index (κ3) is 4.87. The van der Waals surface area contributed by atoms with Gasteiger partial charge in [-0.1, -0.05) is 0 Å². The first-order chi connectivity index (χ1) is 11.9. The number of hydrogen-bond donors (Lipinski definition) is 1. The van der Waals surface area contributed by atoms with Crippen molar-refractivity contribution in [3.63, 3.8) is 0 Å². The van der Waals surface area contributed by atoms with Crippen LogP contribution in [0.5, 0.6) is 11.5 Å². The van der Waals surface area contributed by atoms with E-state index >= 15 is 0 Å². The molecular weight excluding hydrogens is 344 g/mol. The van der Waals surface area contributed by atoms with Gasteiger partial charge in [-0.2, -0.15) is 0 Å². The zero-order valence-corrected chi connectivity index (χ0v) is 14.8. The molecule has 0 aromatic heterocycles. The second kappa shape index (κ2) is 8.39. The molecule has 2 aromatic rings. The molecule has 8 heteroatoms. The van der Waals surface area contributed by atoms with Gasteiger partial charge in [0.15, 0.2) is 0 Å². The molecule has 0 radical (unpaired) electrons. The van der Waals surface area contributed by atoms with E-state index in [-0.39, 0.29) is 17.3 Å². The second-order valence-corrected chi connectivity index (χ2v) is 6.48. The molecule has 0 aliphatic heterocycles. The minimum Gasteiger partial charge on any atom is -0.497 e. The lowest BCUT2D eigenvalue weighted by Gasteiger charge is -2.14. The molecule has 25 heavy (non-hydrogen) atoms. The maximum Gasteiger partial charge on any atom is 0.271 e. The maximum atomic E-state index is 12.4. The highest BCUT2D eigenvalue weighted by Crippen LogP contribution is 2.31. The third-order valence-corrected chi connectivity index (χ3v) is 4.51. The molecule has 0 spiro atoms. The van der Waals surface area contributed by atoms with Crippen molar-refractivity contribution in [3.05, 3.63) is 52.6 Å². The van der Waals surface area contributed by atoms with Crippen molar-refractivity contribution in [1.82, 2.24) is 0 Å². The Hall–Kier alpha value is -2.74. The summed E-state index contributed by atoms with van der Waals surface area (Å²) in [7, 11) is 3.02. The van der Waals surface area contributed by atoms with Crippen LogP contribution in [0.3, 0.4) is 0 Å². The van der Waals surface area contributed by atoms with Crippen LogP contribution in [0.15, 0.2) is 47.4 Å². The Morgan fingerprint density at radius 2 is 1.84 bits per heavy atom. The van der Waals surface area contributed by atoms with Gasteiger partial charge in [0.25, 0.3) is 5.69 Å². The van der Waals surface area contributed by atoms with E-state index in [2.05, 4.69) is 5.32 Å². The van der Waals surface area contributed by atoms with Crippen LogP contribution in [0.4, 0.5) is 11.4 Å². The lowest BCUT2D eigenvalue weighted by atomic mass is 10.2. The molecule has 1 N–H and O–H groups in total. The summed E-state index contributed by atoms with van der Waals surface area (Å²) in [5, 5.41) is 13.2. The van der Waals surface area contributed by atoms with E-state index in [0.29, 0.717) is 5.75 Å². The van der Waals surface area contributed by atoms with E-state index in [4.69, 9.17) is 9.47 Å². The fraction of sp³-hybridized carbons (Fsp3) is 0.235. The molecule has 0 aliphatic rings. The summed E-state index contributed by atoms with van der Waals surface area (Å²) >= 11 is 1.37. The molecule has 2 rings (SSSR count). The summed E-state index contributed by atoms with van der Waals surface area (Å²) in [6.45, 7) is 1.76. The van der Waals surface area contributed by atoms with E-state index in [9.17, 15) is 14.9 Å². The summed E-state index contributed by atoms with van der Waals surface area (Å²) < 4.78 is 10.2. The second-order valence-electron chi connectivity index (χ2n) is 5.07. The van der Waals surface area contributed by atoms with E-state index < -0.39 is 10.2 Å². The summed E-state index contributed by atoms with van der Waals surface area (Å²) in [5.74, 6) is 0.822. The predicted molar refractivity (Wildman–Crippen MR) is 96.6 cm³/mol. The van der Waals surface area contributed by atoms with Crippen LogP contribution in [0.2, 0.25) is 0 Å². The van der Waals surface area contributed by atoms with Gasteiger partial charge in [0.1, 0.15) is 11.5 Å². The normalized spacial score (nSPS) is 11.5. The predicted octanol–water partition coefficient (Wildman–Crippen LogP) is 3.73. The van der Waals surface area contributed by atoms with Gasteiger partial charge in [0, 0.05) is 17.0 Å². The first-order valence-corrected chi connectivity index (χ1v) is 8.26. The van der Waals surface area contributed by atoms with Gasteiger partial charge in [0.05, 0.1) is 30.1 Å². The molecule has 1 amide bonds. The molecule has 1 atom stereocenters. The van der Waals surface area contributed by atoms with Crippen molar-refractivity contribution in [2.75, 3.05) is 19.5 Å². The summed E-state index contributed by atoms with van der Waals surface area (Å²) in [5.41, 5.74) is 0.149. The largest absolute Gasteiger partial charge is 0.497 e. The number of hydrogen-bond acceptors (Lipinski definition) is 6. The van der Waals surface area contributed by atoms with E-state index in [1.807, 2.05) is 24.3 Å². The summed E-state index contributed by atoms with van der Waals surface area (Å²) in [4.78, 5) is 23.7. The van der Waals surface area contributed by atoms with Gasteiger partial charge in [-0.3, -0.25) is 14.9 Å². The molecule has 132 valence electrons. The molecule has 2 aromatic carbocycles. The number of nitrogens with one attached hydrogen (secondary N) is 1. The van der Waals surface area contributed by atoms with Crippen molar-refractivity contribution in [3.8, 4) is 11.5 Å². The van der Waals surface area contributed by atoms with Crippen molar-refractivity contribution < 1.29 is 19.2 Å². The van der Waals surface area contributed by atoms with Gasteiger partial charge in [-0.15, -0.1) is 11.8 Å². The number of ether oxygens (including phenoxy) is 2. The number of thioether (sulfide) groups is 1. The van der Waals surface area contributed by atoms with Crippen LogP contribution in [-0.2, 0) is 4.79 Å². The highest BCUT2D eigenvalue weighted by Gasteiger charge is 2.18. The smallest absolute Gasteiger partial charge is 0.271 e. The SMILES string of the molecule is COc1ccc(S[C@H](C)C(=O)Nc2cc([N+](=O)[O-])ccc2OC)cc1. The van der Waals surface area contributed by atoms with E-state index in [1.165, 1.54) is 37.1 Å². The van der Waals surface area contributed by atoms with E-state index in [1.54, 1.807) is 14.0 Å². The fourth-order valence-corrected chi connectivity index (χ4v) is 2.92. The van der Waals surface area contributed by atoms with Crippen LogP contribution in [-0.4, -0.2) is 30.3 Å². The van der Waals surface area contributed by atoms with Gasteiger partial charge in [-0.05, 0) is 37.3 Å². The molecule has 0 saturated heterocycles. The van der Waals surface area contributed by atoms with Crippen LogP contribution in [0.1, 0.15) is 6.92 Å². The zero-order valence-electron chi connectivity index (χ0n) is 14.0. The molecule has 0 unspecified atom stereocenters. The molecule has 0 aliphatic carbocycles. The highest BCUT2D eigenvalue weighted by molar-refractivity contribution is 8.00. The Morgan fingerprint density at radius 1 is 1.16 bits per heavy atom. The number of nitro benzene ring substituents is 1. The number of amides is 1. The third-order valence-electron chi connectivity index (χ3n) is 3.39. The molecule has 0 fully saturated rings. The number of methoxy groups -OCH3 is 2. The first-order valence-electron chi connectivity index (χ1n) is 7.38. The monoisotopic (exact) mass is 362 g/mol. The average molecular weight is 362 g/mol. The van der Waals surface area contributed by atoms with Crippen molar-refractivity contribution >= 4 is 29.0 Å². The van der Waals surface area contributed by atoms with Gasteiger partial charge in [0.2, 0.25) is 5.91 Å². The van der Waals surface area contributed by atoms with Crippen LogP contribution < -0.4 is 14.8 Å². The van der Waals surface area contributed by atoms with Crippen LogP contribution in [0.25, 0.3) is 0 Å². The van der Waals surface area contributed by atoms with Gasteiger partial charge >= 0.3 is 0 Å². The number of benzene rings is 2. The number of rotatable bonds is 7. The Kier molecular flexibility index (Phi) is 6.24. The van der Waals surface area contributed by atoms with Gasteiger partial charge < -0.3 is 14.8 Å². The van der Waals surface area contributed by atoms with Crippen molar-refractivity contribution in [2.45, 2.75) is 17.1 Å². The minimum atomic E-state index is -0.523.